The Balaban J connectivity index is 1.95. The summed E-state index contributed by atoms with van der Waals surface area (Å²) >= 11 is 11.7. The van der Waals surface area contributed by atoms with Gasteiger partial charge in [-0.25, -0.2) is 4.98 Å². The Hall–Kier alpha value is -0.580. The molecule has 0 radical (unpaired) electrons. The van der Waals surface area contributed by atoms with Gasteiger partial charge in [-0.3, -0.25) is 4.90 Å². The quantitative estimate of drug-likeness (QED) is 0.858. The Labute approximate surface area is 111 Å². The lowest BCUT2D eigenvalue weighted by molar-refractivity contribution is 0.277. The van der Waals surface area contributed by atoms with Gasteiger partial charge in [0, 0.05) is 12.6 Å². The summed E-state index contributed by atoms with van der Waals surface area (Å²) in [6.07, 6.45) is 4.00. The smallest absolute Gasteiger partial charge is 0.224 e. The van der Waals surface area contributed by atoms with Crippen LogP contribution in [-0.4, -0.2) is 40.5 Å². The number of rotatable bonds is 4. The predicted octanol–water partition coefficient (Wildman–Crippen LogP) is 2.68. The van der Waals surface area contributed by atoms with Gasteiger partial charge in [-0.15, -0.1) is 0 Å². The minimum absolute atomic E-state index is 0.218. The standard InChI is InChI=1S/C11H16Cl2N4/c1-2-17-5-3-4-8(17)6-14-10-9(12)7-15-11(13)16-10/h7-8H,2-6H2,1H3,(H,14,15,16). The van der Waals surface area contributed by atoms with E-state index in [2.05, 4.69) is 27.1 Å². The maximum Gasteiger partial charge on any atom is 0.224 e. The summed E-state index contributed by atoms with van der Waals surface area (Å²) in [7, 11) is 0. The summed E-state index contributed by atoms with van der Waals surface area (Å²) in [5, 5.41) is 3.98. The van der Waals surface area contributed by atoms with Gasteiger partial charge in [-0.2, -0.15) is 4.98 Å². The van der Waals surface area contributed by atoms with Crippen molar-refractivity contribution >= 4 is 29.0 Å². The molecule has 0 saturated carbocycles. The van der Waals surface area contributed by atoms with Crippen molar-refractivity contribution < 1.29 is 0 Å². The third-order valence-corrected chi connectivity index (χ3v) is 3.58. The van der Waals surface area contributed by atoms with Crippen LogP contribution in [0.2, 0.25) is 10.3 Å². The Morgan fingerprint density at radius 3 is 3.12 bits per heavy atom. The van der Waals surface area contributed by atoms with Crippen LogP contribution in [0.5, 0.6) is 0 Å². The van der Waals surface area contributed by atoms with E-state index in [0.717, 1.165) is 13.1 Å². The van der Waals surface area contributed by atoms with Gasteiger partial charge in [0.1, 0.15) is 10.8 Å². The first kappa shape index (κ1) is 12.9. The molecule has 17 heavy (non-hydrogen) atoms. The Morgan fingerprint density at radius 2 is 2.35 bits per heavy atom. The van der Waals surface area contributed by atoms with Gasteiger partial charge in [0.05, 0.1) is 6.20 Å². The summed E-state index contributed by atoms with van der Waals surface area (Å²) in [6, 6.07) is 0.560. The van der Waals surface area contributed by atoms with E-state index in [1.54, 1.807) is 0 Å². The highest BCUT2D eigenvalue weighted by molar-refractivity contribution is 6.33. The van der Waals surface area contributed by atoms with E-state index >= 15 is 0 Å². The fraction of sp³-hybridized carbons (Fsp3) is 0.636. The van der Waals surface area contributed by atoms with Crippen LogP contribution < -0.4 is 5.32 Å². The van der Waals surface area contributed by atoms with Crippen molar-refractivity contribution in [2.24, 2.45) is 0 Å². The number of hydrogen-bond donors (Lipinski definition) is 1. The molecule has 2 rings (SSSR count). The fourth-order valence-electron chi connectivity index (χ4n) is 2.23. The molecule has 6 heteroatoms. The Morgan fingerprint density at radius 1 is 1.53 bits per heavy atom. The molecule has 1 N–H and O–H groups in total. The lowest BCUT2D eigenvalue weighted by Crippen LogP contribution is -2.34. The lowest BCUT2D eigenvalue weighted by Gasteiger charge is -2.23. The lowest BCUT2D eigenvalue weighted by atomic mass is 10.2. The first-order chi connectivity index (χ1) is 8.20. The zero-order chi connectivity index (χ0) is 12.3. The number of anilines is 1. The molecule has 94 valence electrons. The molecular formula is C11H16Cl2N4. The molecule has 4 nitrogen and oxygen atoms in total. The highest BCUT2D eigenvalue weighted by Gasteiger charge is 2.22. The van der Waals surface area contributed by atoms with E-state index in [-0.39, 0.29) is 5.28 Å². The monoisotopic (exact) mass is 274 g/mol. The third kappa shape index (κ3) is 3.21. The zero-order valence-electron chi connectivity index (χ0n) is 9.79. The van der Waals surface area contributed by atoms with E-state index < -0.39 is 0 Å². The van der Waals surface area contributed by atoms with Crippen LogP contribution in [0.3, 0.4) is 0 Å². The molecule has 0 aromatic carbocycles. The van der Waals surface area contributed by atoms with E-state index in [1.807, 2.05) is 0 Å². The van der Waals surface area contributed by atoms with Gasteiger partial charge in [0.2, 0.25) is 5.28 Å². The number of nitrogens with zero attached hydrogens (tertiary/aromatic N) is 3. The van der Waals surface area contributed by atoms with Gasteiger partial charge < -0.3 is 5.32 Å². The van der Waals surface area contributed by atoms with Crippen LogP contribution in [0.1, 0.15) is 19.8 Å². The molecule has 0 bridgehead atoms. The summed E-state index contributed by atoms with van der Waals surface area (Å²) in [5.74, 6) is 0.620. The average molecular weight is 275 g/mol. The van der Waals surface area contributed by atoms with Crippen molar-refractivity contribution in [1.82, 2.24) is 14.9 Å². The molecule has 1 saturated heterocycles. The minimum atomic E-state index is 0.218. The first-order valence-electron chi connectivity index (χ1n) is 5.86. The van der Waals surface area contributed by atoms with E-state index in [1.165, 1.54) is 25.6 Å². The second-order valence-electron chi connectivity index (χ2n) is 4.14. The van der Waals surface area contributed by atoms with Crippen molar-refractivity contribution in [2.75, 3.05) is 25.0 Å². The molecule has 0 spiro atoms. The summed E-state index contributed by atoms with van der Waals surface area (Å²) in [6.45, 7) is 5.31. The van der Waals surface area contributed by atoms with Gasteiger partial charge in [0.25, 0.3) is 0 Å². The molecule has 0 amide bonds. The van der Waals surface area contributed by atoms with Crippen LogP contribution in [0.4, 0.5) is 5.82 Å². The number of aromatic nitrogens is 2. The predicted molar refractivity (Wildman–Crippen MR) is 70.8 cm³/mol. The van der Waals surface area contributed by atoms with E-state index in [4.69, 9.17) is 23.2 Å². The second kappa shape index (κ2) is 5.85. The normalized spacial score (nSPS) is 20.8. The SMILES string of the molecule is CCN1CCCC1CNc1nc(Cl)ncc1Cl. The number of halogens is 2. The van der Waals surface area contributed by atoms with Crippen LogP contribution in [0, 0.1) is 0 Å². The van der Waals surface area contributed by atoms with Crippen molar-refractivity contribution in [3.63, 3.8) is 0 Å². The highest BCUT2D eigenvalue weighted by Crippen LogP contribution is 2.21. The van der Waals surface area contributed by atoms with Gasteiger partial charge in [0.15, 0.2) is 0 Å². The third-order valence-electron chi connectivity index (χ3n) is 3.13. The molecule has 0 aliphatic carbocycles. The first-order valence-corrected chi connectivity index (χ1v) is 6.62. The molecular weight excluding hydrogens is 259 g/mol. The van der Waals surface area contributed by atoms with E-state index in [9.17, 15) is 0 Å². The average Bonchev–Trinajstić information content (AvgIpc) is 2.77. The van der Waals surface area contributed by atoms with Crippen LogP contribution in [0.25, 0.3) is 0 Å². The van der Waals surface area contributed by atoms with Crippen LogP contribution >= 0.6 is 23.2 Å². The number of nitrogens with one attached hydrogen (secondary N) is 1. The number of likely N-dealkylation sites (tertiary alicyclic amines) is 1. The van der Waals surface area contributed by atoms with Crippen molar-refractivity contribution in [2.45, 2.75) is 25.8 Å². The second-order valence-corrected chi connectivity index (χ2v) is 4.89. The van der Waals surface area contributed by atoms with Crippen molar-refractivity contribution in [3.8, 4) is 0 Å². The zero-order valence-corrected chi connectivity index (χ0v) is 11.3. The van der Waals surface area contributed by atoms with E-state index in [0.29, 0.717) is 16.9 Å². The maximum absolute atomic E-state index is 5.99. The Kier molecular flexibility index (Phi) is 4.42. The molecule has 1 unspecified atom stereocenters. The molecule has 1 atom stereocenters. The topological polar surface area (TPSA) is 41.0 Å². The summed E-state index contributed by atoms with van der Waals surface area (Å²) < 4.78 is 0. The van der Waals surface area contributed by atoms with Gasteiger partial charge in [-0.05, 0) is 37.5 Å². The summed E-state index contributed by atoms with van der Waals surface area (Å²) in [5.41, 5.74) is 0. The molecule has 1 aliphatic rings. The largest absolute Gasteiger partial charge is 0.367 e. The van der Waals surface area contributed by atoms with Gasteiger partial charge in [-0.1, -0.05) is 18.5 Å². The maximum atomic E-state index is 5.99. The fourth-order valence-corrected chi connectivity index (χ4v) is 2.52. The Bertz CT molecular complexity index is 386. The number of likely N-dealkylation sites (N-methyl/N-ethyl adjacent to an activating group) is 1. The van der Waals surface area contributed by atoms with Crippen molar-refractivity contribution in [1.29, 1.82) is 0 Å². The molecule has 1 fully saturated rings. The minimum Gasteiger partial charge on any atom is -0.367 e. The molecule has 1 aliphatic heterocycles. The summed E-state index contributed by atoms with van der Waals surface area (Å²) in [4.78, 5) is 10.4. The molecule has 2 heterocycles. The van der Waals surface area contributed by atoms with Crippen LogP contribution in [0.15, 0.2) is 6.20 Å². The number of hydrogen-bond acceptors (Lipinski definition) is 4. The highest BCUT2D eigenvalue weighted by atomic mass is 35.5. The molecule has 1 aromatic heterocycles. The van der Waals surface area contributed by atoms with Crippen LogP contribution in [-0.2, 0) is 0 Å². The van der Waals surface area contributed by atoms with Gasteiger partial charge >= 0.3 is 0 Å². The van der Waals surface area contributed by atoms with Crippen molar-refractivity contribution in [3.05, 3.63) is 16.5 Å². The molecule has 1 aromatic rings.